The smallest absolute Gasteiger partial charge is 0.335 e. The summed E-state index contributed by atoms with van der Waals surface area (Å²) in [7, 11) is 1.37. The molecule has 1 aromatic rings. The fourth-order valence-corrected chi connectivity index (χ4v) is 1.48. The predicted molar refractivity (Wildman–Crippen MR) is 52.9 cm³/mol. The molecule has 0 fully saturated rings. The first-order valence-electron chi connectivity index (χ1n) is 3.78. The van der Waals surface area contributed by atoms with Gasteiger partial charge in [-0.1, -0.05) is 0 Å². The number of nitrogens with zero attached hydrogens (tertiary/aromatic N) is 1. The number of rotatable bonds is 4. The summed E-state index contributed by atoms with van der Waals surface area (Å²) >= 11 is 0.816. The molecule has 0 amide bonds. The first kappa shape index (κ1) is 11.5. The van der Waals surface area contributed by atoms with E-state index in [9.17, 15) is 14.9 Å². The molecule has 1 N–H and O–H groups in total. The maximum Gasteiger partial charge on any atom is 0.335 e. The van der Waals surface area contributed by atoms with Crippen LogP contribution < -0.4 is 0 Å². The molecule has 15 heavy (non-hydrogen) atoms. The average Bonchev–Trinajstić information content (AvgIpc) is 2.18. The molecule has 0 aliphatic rings. The van der Waals surface area contributed by atoms with Gasteiger partial charge in [-0.2, -0.15) is 0 Å². The minimum Gasteiger partial charge on any atom is -0.478 e. The van der Waals surface area contributed by atoms with Crippen molar-refractivity contribution in [2.24, 2.45) is 0 Å². The van der Waals surface area contributed by atoms with E-state index in [2.05, 4.69) is 4.18 Å². The summed E-state index contributed by atoms with van der Waals surface area (Å²) in [6.45, 7) is 0. The Kier molecular flexibility index (Phi) is 3.64. The van der Waals surface area contributed by atoms with E-state index in [1.54, 1.807) is 0 Å². The van der Waals surface area contributed by atoms with E-state index in [0.717, 1.165) is 18.1 Å². The highest BCUT2D eigenvalue weighted by Gasteiger charge is 2.17. The average molecular weight is 229 g/mol. The summed E-state index contributed by atoms with van der Waals surface area (Å²) in [5.41, 5.74) is -0.399. The molecule has 0 heterocycles. The van der Waals surface area contributed by atoms with Gasteiger partial charge in [0.05, 0.1) is 17.6 Å². The first-order chi connectivity index (χ1) is 7.06. The Bertz CT molecular complexity index is 406. The van der Waals surface area contributed by atoms with Gasteiger partial charge >= 0.3 is 5.97 Å². The van der Waals surface area contributed by atoms with Gasteiger partial charge in [0.1, 0.15) is 4.90 Å². The number of nitro groups is 1. The zero-order valence-electron chi connectivity index (χ0n) is 7.67. The molecule has 0 atom stereocenters. The summed E-state index contributed by atoms with van der Waals surface area (Å²) in [6, 6.07) is 3.64. The summed E-state index contributed by atoms with van der Waals surface area (Å²) in [5, 5.41) is 19.3. The second-order valence-electron chi connectivity index (χ2n) is 2.49. The number of aromatic carboxylic acids is 1. The highest BCUT2D eigenvalue weighted by molar-refractivity contribution is 7.94. The molecule has 6 nitrogen and oxygen atoms in total. The number of nitro benzene ring substituents is 1. The largest absolute Gasteiger partial charge is 0.478 e. The predicted octanol–water partition coefficient (Wildman–Crippen LogP) is 1.95. The monoisotopic (exact) mass is 229 g/mol. The third-order valence-electron chi connectivity index (χ3n) is 1.58. The fraction of sp³-hybridized carbons (Fsp3) is 0.125. The molecular weight excluding hydrogens is 222 g/mol. The summed E-state index contributed by atoms with van der Waals surface area (Å²) < 4.78 is 4.68. The van der Waals surface area contributed by atoms with Crippen LogP contribution in [-0.4, -0.2) is 23.1 Å². The van der Waals surface area contributed by atoms with E-state index in [-0.39, 0.29) is 16.1 Å². The number of hydrogen-bond donors (Lipinski definition) is 1. The Morgan fingerprint density at radius 1 is 1.60 bits per heavy atom. The molecule has 0 unspecified atom stereocenters. The third kappa shape index (κ3) is 2.67. The molecule has 0 aromatic heterocycles. The lowest BCUT2D eigenvalue weighted by Gasteiger charge is -2.01. The van der Waals surface area contributed by atoms with Crippen LogP contribution >= 0.6 is 12.0 Å². The van der Waals surface area contributed by atoms with Crippen molar-refractivity contribution in [3.63, 3.8) is 0 Å². The highest BCUT2D eigenvalue weighted by atomic mass is 32.2. The minimum atomic E-state index is -1.20. The van der Waals surface area contributed by atoms with Gasteiger partial charge in [0.25, 0.3) is 5.69 Å². The Morgan fingerprint density at radius 2 is 2.27 bits per heavy atom. The van der Waals surface area contributed by atoms with E-state index in [4.69, 9.17) is 5.11 Å². The van der Waals surface area contributed by atoms with Crippen molar-refractivity contribution >= 4 is 23.7 Å². The van der Waals surface area contributed by atoms with Gasteiger partial charge in [-0.15, -0.1) is 0 Å². The van der Waals surface area contributed by atoms with Gasteiger partial charge in [0, 0.05) is 18.1 Å². The Labute approximate surface area is 89.2 Å². The van der Waals surface area contributed by atoms with Crippen LogP contribution in [0.4, 0.5) is 5.69 Å². The van der Waals surface area contributed by atoms with Gasteiger partial charge < -0.3 is 9.29 Å². The van der Waals surface area contributed by atoms with Crippen molar-refractivity contribution in [3.05, 3.63) is 33.9 Å². The van der Waals surface area contributed by atoms with E-state index < -0.39 is 10.9 Å². The normalized spacial score (nSPS) is 9.93. The van der Waals surface area contributed by atoms with Gasteiger partial charge in [-0.3, -0.25) is 10.1 Å². The fourth-order valence-electron chi connectivity index (χ4n) is 0.953. The molecule has 0 aliphatic heterocycles. The van der Waals surface area contributed by atoms with Crippen molar-refractivity contribution < 1.29 is 19.0 Å². The van der Waals surface area contributed by atoms with Crippen molar-refractivity contribution in [3.8, 4) is 0 Å². The molecule has 1 rings (SSSR count). The van der Waals surface area contributed by atoms with Crippen LogP contribution in [0.2, 0.25) is 0 Å². The highest BCUT2D eigenvalue weighted by Crippen LogP contribution is 2.30. The zero-order valence-corrected chi connectivity index (χ0v) is 8.48. The second-order valence-corrected chi connectivity index (χ2v) is 3.43. The van der Waals surface area contributed by atoms with Gasteiger partial charge in [-0.05, 0) is 12.1 Å². The maximum atomic E-state index is 10.6. The van der Waals surface area contributed by atoms with E-state index in [0.29, 0.717) is 0 Å². The van der Waals surface area contributed by atoms with Gasteiger partial charge in [-0.25, -0.2) is 4.79 Å². The molecule has 0 saturated carbocycles. The lowest BCUT2D eigenvalue weighted by molar-refractivity contribution is -0.387. The molecule has 80 valence electrons. The molecular formula is C8H7NO5S. The van der Waals surface area contributed by atoms with Crippen molar-refractivity contribution in [1.82, 2.24) is 0 Å². The molecule has 0 saturated heterocycles. The van der Waals surface area contributed by atoms with Crippen LogP contribution in [0.5, 0.6) is 0 Å². The number of carboxylic acids is 1. The van der Waals surface area contributed by atoms with Crippen LogP contribution in [-0.2, 0) is 4.18 Å². The van der Waals surface area contributed by atoms with Crippen molar-refractivity contribution in [2.45, 2.75) is 4.90 Å². The topological polar surface area (TPSA) is 89.7 Å². The zero-order chi connectivity index (χ0) is 11.4. The number of carbonyl (C=O) groups is 1. The first-order valence-corrected chi connectivity index (χ1v) is 4.53. The number of carboxylic acid groups (broad SMARTS) is 1. The molecule has 0 bridgehead atoms. The van der Waals surface area contributed by atoms with E-state index in [1.165, 1.54) is 19.2 Å². The Balaban J connectivity index is 3.20. The Hall–Kier alpha value is -1.60. The molecule has 1 aromatic carbocycles. The summed E-state index contributed by atoms with van der Waals surface area (Å²) in [4.78, 5) is 20.8. The van der Waals surface area contributed by atoms with E-state index >= 15 is 0 Å². The molecule has 7 heteroatoms. The van der Waals surface area contributed by atoms with Crippen LogP contribution in [0.15, 0.2) is 23.1 Å². The van der Waals surface area contributed by atoms with Crippen molar-refractivity contribution in [2.75, 3.05) is 7.11 Å². The Morgan fingerprint density at radius 3 is 2.73 bits per heavy atom. The van der Waals surface area contributed by atoms with E-state index in [1.807, 2.05) is 0 Å². The quantitative estimate of drug-likeness (QED) is 0.482. The molecule has 0 radical (unpaired) electrons. The van der Waals surface area contributed by atoms with Gasteiger partial charge in [0.15, 0.2) is 0 Å². The second kappa shape index (κ2) is 4.76. The van der Waals surface area contributed by atoms with Crippen molar-refractivity contribution in [1.29, 1.82) is 0 Å². The van der Waals surface area contributed by atoms with Crippen LogP contribution in [0.1, 0.15) is 10.4 Å². The summed E-state index contributed by atoms with van der Waals surface area (Å²) in [6.07, 6.45) is 0. The number of hydrogen-bond acceptors (Lipinski definition) is 5. The lowest BCUT2D eigenvalue weighted by Crippen LogP contribution is -1.99. The SMILES string of the molecule is COSc1ccc(C(=O)O)cc1[N+](=O)[O-]. The van der Waals surface area contributed by atoms with Crippen LogP contribution in [0.25, 0.3) is 0 Å². The maximum absolute atomic E-state index is 10.6. The molecule has 0 aliphatic carbocycles. The molecule has 0 spiro atoms. The van der Waals surface area contributed by atoms with Crippen LogP contribution in [0.3, 0.4) is 0 Å². The van der Waals surface area contributed by atoms with Gasteiger partial charge in [0.2, 0.25) is 0 Å². The number of benzene rings is 1. The summed E-state index contributed by atoms with van der Waals surface area (Å²) in [5.74, 6) is -1.20. The standard InChI is InChI=1S/C8H7NO5S/c1-14-15-7-3-2-5(8(10)11)4-6(7)9(12)13/h2-4H,1H3,(H,10,11). The lowest BCUT2D eigenvalue weighted by atomic mass is 10.2. The third-order valence-corrected chi connectivity index (χ3v) is 2.27. The minimum absolute atomic E-state index is 0.123. The van der Waals surface area contributed by atoms with Crippen LogP contribution in [0, 0.1) is 10.1 Å².